The molecule has 6 heteroatoms. The number of imidazole rings is 1. The highest BCUT2D eigenvalue weighted by atomic mass is 79.9. The molecule has 1 aromatic carbocycles. The number of nitrogens with zero attached hydrogens (tertiary/aromatic N) is 2. The SMILES string of the molecule is Cc1c(Br)c(C)c2nc(CC3CCC(CC(=O)OC(C)(C)Cl)CC3)n3c2c1CCC3. The number of aryl methyl sites for hydroxylation is 3. The minimum absolute atomic E-state index is 0.175. The molecule has 1 aromatic heterocycles. The molecule has 1 saturated carbocycles. The summed E-state index contributed by atoms with van der Waals surface area (Å²) >= 11 is 9.81. The van der Waals surface area contributed by atoms with E-state index in [0.29, 0.717) is 18.3 Å². The lowest BCUT2D eigenvalue weighted by atomic mass is 9.79. The fraction of sp³-hybridized carbons (Fsp3) is 0.667. The van der Waals surface area contributed by atoms with E-state index in [1.807, 2.05) is 0 Å². The summed E-state index contributed by atoms with van der Waals surface area (Å²) in [6, 6.07) is 0. The van der Waals surface area contributed by atoms with E-state index in [2.05, 4.69) is 34.3 Å². The van der Waals surface area contributed by atoms with Crippen molar-refractivity contribution in [3.63, 3.8) is 0 Å². The van der Waals surface area contributed by atoms with Crippen molar-refractivity contribution < 1.29 is 9.53 Å². The van der Waals surface area contributed by atoms with Crippen LogP contribution in [0.4, 0.5) is 0 Å². The molecular weight excluding hydrogens is 464 g/mol. The first-order chi connectivity index (χ1) is 14.1. The standard InChI is InChI=1S/C24H32BrClN2O2/c1-14-18-6-5-11-28-19(27-22(23(18)28)15(2)21(14)25)12-16-7-9-17(10-8-16)13-20(29)30-24(3,4)26/h16-17H,5-13H2,1-4H3. The maximum atomic E-state index is 12.1. The van der Waals surface area contributed by atoms with Gasteiger partial charge in [-0.3, -0.25) is 4.79 Å². The summed E-state index contributed by atoms with van der Waals surface area (Å²) in [4.78, 5) is 17.2. The Kier molecular flexibility index (Phi) is 6.24. The number of benzene rings is 1. The van der Waals surface area contributed by atoms with E-state index in [-0.39, 0.29) is 5.97 Å². The average Bonchev–Trinajstić information content (AvgIpc) is 3.04. The van der Waals surface area contributed by atoms with Gasteiger partial charge in [0.2, 0.25) is 0 Å². The number of esters is 1. The Labute approximate surface area is 192 Å². The number of hydrogen-bond donors (Lipinski definition) is 0. The molecule has 0 atom stereocenters. The number of carbonyl (C=O) groups is 1. The summed E-state index contributed by atoms with van der Waals surface area (Å²) in [5.74, 6) is 2.13. The third-order valence-corrected chi connectivity index (χ3v) is 8.12. The van der Waals surface area contributed by atoms with Gasteiger partial charge < -0.3 is 9.30 Å². The predicted octanol–water partition coefficient (Wildman–Crippen LogP) is 6.62. The molecule has 1 fully saturated rings. The molecule has 0 N–H and O–H groups in total. The van der Waals surface area contributed by atoms with Crippen molar-refractivity contribution in [3.8, 4) is 0 Å². The molecule has 0 radical (unpaired) electrons. The first-order valence-corrected chi connectivity index (χ1v) is 12.4. The highest BCUT2D eigenvalue weighted by Crippen LogP contribution is 2.39. The summed E-state index contributed by atoms with van der Waals surface area (Å²) in [6.07, 6.45) is 8.32. The zero-order chi connectivity index (χ0) is 21.6. The minimum atomic E-state index is -0.914. The lowest BCUT2D eigenvalue weighted by Gasteiger charge is -2.29. The van der Waals surface area contributed by atoms with Crippen molar-refractivity contribution in [1.29, 1.82) is 0 Å². The lowest BCUT2D eigenvalue weighted by Crippen LogP contribution is -2.25. The number of halogens is 2. The van der Waals surface area contributed by atoms with Crippen LogP contribution in [0, 0.1) is 25.7 Å². The largest absolute Gasteiger partial charge is 0.444 e. The maximum absolute atomic E-state index is 12.1. The zero-order valence-corrected chi connectivity index (χ0v) is 20.8. The van der Waals surface area contributed by atoms with Gasteiger partial charge in [-0.15, -0.1) is 0 Å². The molecular formula is C24H32BrClN2O2. The molecule has 1 aliphatic heterocycles. The van der Waals surface area contributed by atoms with Gasteiger partial charge in [0.15, 0.2) is 5.06 Å². The Morgan fingerprint density at radius 2 is 1.87 bits per heavy atom. The summed E-state index contributed by atoms with van der Waals surface area (Å²) in [5, 5.41) is -0.914. The molecule has 0 spiro atoms. The summed E-state index contributed by atoms with van der Waals surface area (Å²) in [5.41, 5.74) is 6.65. The normalized spacial score (nSPS) is 21.8. The number of carbonyl (C=O) groups excluding carboxylic acids is 1. The van der Waals surface area contributed by atoms with E-state index in [1.165, 1.54) is 44.4 Å². The maximum Gasteiger partial charge on any atom is 0.307 e. The Morgan fingerprint density at radius 3 is 2.53 bits per heavy atom. The van der Waals surface area contributed by atoms with Crippen molar-refractivity contribution >= 4 is 44.5 Å². The molecule has 2 aliphatic rings. The minimum Gasteiger partial charge on any atom is -0.444 e. The van der Waals surface area contributed by atoms with Gasteiger partial charge in [0.1, 0.15) is 5.82 Å². The Hall–Kier alpha value is -1.07. The summed E-state index contributed by atoms with van der Waals surface area (Å²) < 4.78 is 9.00. The number of alkyl halides is 1. The quantitative estimate of drug-likeness (QED) is 0.346. The van der Waals surface area contributed by atoms with Gasteiger partial charge in [0, 0.05) is 23.9 Å². The molecule has 2 aromatic rings. The monoisotopic (exact) mass is 494 g/mol. The van der Waals surface area contributed by atoms with E-state index in [9.17, 15) is 4.79 Å². The van der Waals surface area contributed by atoms with Gasteiger partial charge in [-0.1, -0.05) is 27.5 Å². The van der Waals surface area contributed by atoms with Crippen LogP contribution in [-0.2, 0) is 28.9 Å². The van der Waals surface area contributed by atoms with Crippen molar-refractivity contribution in [1.82, 2.24) is 9.55 Å². The van der Waals surface area contributed by atoms with Crippen molar-refractivity contribution in [2.24, 2.45) is 11.8 Å². The summed E-state index contributed by atoms with van der Waals surface area (Å²) in [6.45, 7) is 8.90. The van der Waals surface area contributed by atoms with Crippen molar-refractivity contribution in [2.45, 2.75) is 90.7 Å². The third-order valence-electron chi connectivity index (χ3n) is 6.86. The molecule has 2 heterocycles. The molecule has 0 amide bonds. The molecule has 164 valence electrons. The van der Waals surface area contributed by atoms with Crippen LogP contribution in [-0.4, -0.2) is 20.6 Å². The van der Waals surface area contributed by atoms with Gasteiger partial charge in [0.25, 0.3) is 0 Å². The van der Waals surface area contributed by atoms with Crippen LogP contribution in [0.5, 0.6) is 0 Å². The fourth-order valence-electron chi connectivity index (χ4n) is 5.32. The molecule has 0 saturated heterocycles. The summed E-state index contributed by atoms with van der Waals surface area (Å²) in [7, 11) is 0. The second-order valence-corrected chi connectivity index (χ2v) is 11.4. The van der Waals surface area contributed by atoms with Crippen LogP contribution >= 0.6 is 27.5 Å². The van der Waals surface area contributed by atoms with Crippen LogP contribution < -0.4 is 0 Å². The van der Waals surface area contributed by atoms with Gasteiger partial charge in [0.05, 0.1) is 11.0 Å². The van der Waals surface area contributed by atoms with Gasteiger partial charge in [-0.2, -0.15) is 0 Å². The van der Waals surface area contributed by atoms with Gasteiger partial charge in [-0.05, 0) is 94.7 Å². The first kappa shape index (κ1) is 22.1. The first-order valence-electron chi connectivity index (χ1n) is 11.2. The van der Waals surface area contributed by atoms with E-state index < -0.39 is 5.06 Å². The molecule has 4 nitrogen and oxygen atoms in total. The third kappa shape index (κ3) is 4.43. The van der Waals surface area contributed by atoms with E-state index in [4.69, 9.17) is 21.3 Å². The molecule has 30 heavy (non-hydrogen) atoms. The highest BCUT2D eigenvalue weighted by Gasteiger charge is 2.29. The van der Waals surface area contributed by atoms with Crippen LogP contribution in [0.25, 0.3) is 11.0 Å². The topological polar surface area (TPSA) is 44.1 Å². The Bertz CT molecular complexity index is 968. The Balaban J connectivity index is 1.45. The number of ether oxygens (including phenoxy) is 1. The van der Waals surface area contributed by atoms with E-state index >= 15 is 0 Å². The van der Waals surface area contributed by atoms with Crippen LogP contribution in [0.15, 0.2) is 4.47 Å². The van der Waals surface area contributed by atoms with Crippen LogP contribution in [0.2, 0.25) is 0 Å². The number of hydrogen-bond acceptors (Lipinski definition) is 3. The number of aromatic nitrogens is 2. The fourth-order valence-corrected chi connectivity index (χ4v) is 5.84. The smallest absolute Gasteiger partial charge is 0.307 e. The van der Waals surface area contributed by atoms with E-state index in [0.717, 1.165) is 45.1 Å². The molecule has 0 bridgehead atoms. The van der Waals surface area contributed by atoms with Crippen molar-refractivity contribution in [2.75, 3.05) is 0 Å². The Morgan fingerprint density at radius 1 is 1.20 bits per heavy atom. The zero-order valence-electron chi connectivity index (χ0n) is 18.5. The van der Waals surface area contributed by atoms with Crippen LogP contribution in [0.1, 0.15) is 74.9 Å². The van der Waals surface area contributed by atoms with E-state index in [1.54, 1.807) is 13.8 Å². The number of rotatable bonds is 5. The molecule has 1 aliphatic carbocycles. The van der Waals surface area contributed by atoms with Gasteiger partial charge in [-0.25, -0.2) is 4.98 Å². The second-order valence-electron chi connectivity index (χ2n) is 9.66. The lowest BCUT2D eigenvalue weighted by molar-refractivity contribution is -0.151. The van der Waals surface area contributed by atoms with Gasteiger partial charge >= 0.3 is 5.97 Å². The molecule has 4 rings (SSSR count). The van der Waals surface area contributed by atoms with Crippen LogP contribution in [0.3, 0.4) is 0 Å². The second kappa shape index (κ2) is 8.46. The highest BCUT2D eigenvalue weighted by molar-refractivity contribution is 9.10. The molecule has 0 unspecified atom stereocenters. The van der Waals surface area contributed by atoms with Crippen molar-refractivity contribution in [3.05, 3.63) is 27.0 Å². The predicted molar refractivity (Wildman–Crippen MR) is 125 cm³/mol. The average molecular weight is 496 g/mol.